The lowest BCUT2D eigenvalue weighted by Gasteiger charge is -2.71. The van der Waals surface area contributed by atoms with E-state index in [1.807, 2.05) is 6.92 Å². The Morgan fingerprint density at radius 2 is 1.65 bits per heavy atom. The number of carbonyl (C=O) groups is 2. The van der Waals surface area contributed by atoms with Crippen LogP contribution in [0, 0.1) is 50.2 Å². The Hall–Kier alpha value is -1.40. The molecule has 5 rings (SSSR count). The number of allylic oxidation sites excluding steroid dienone is 2. The molecule has 0 bridgehead atoms. The first-order valence-electron chi connectivity index (χ1n) is 14.5. The van der Waals surface area contributed by atoms with Crippen molar-refractivity contribution in [1.29, 1.82) is 0 Å². The third kappa shape index (κ3) is 3.24. The average Bonchev–Trinajstić information content (AvgIpc) is 2.86. The molecule has 3 N–H and O–H groups in total. The molecule has 6 nitrogen and oxygen atoms in total. The molecule has 0 aromatic heterocycles. The van der Waals surface area contributed by atoms with Crippen LogP contribution in [0.5, 0.6) is 0 Å². The lowest BCUT2D eigenvalue weighted by molar-refractivity contribution is -0.217. The highest BCUT2D eigenvalue weighted by Crippen LogP contribution is 2.75. The number of carboxylic acids is 1. The number of aliphatic hydroxyl groups is 2. The van der Waals surface area contributed by atoms with Crippen LogP contribution in [0.1, 0.15) is 98.8 Å². The van der Waals surface area contributed by atoms with Gasteiger partial charge in [0.1, 0.15) is 0 Å². The zero-order chi connectivity index (χ0) is 27.2. The minimum Gasteiger partial charge on any atom is -0.481 e. The van der Waals surface area contributed by atoms with Gasteiger partial charge in [-0.2, -0.15) is 0 Å². The maximum Gasteiger partial charge on any atom is 0.311 e. The molecule has 0 aliphatic heterocycles. The minimum absolute atomic E-state index is 0.00315. The minimum atomic E-state index is -0.812. The summed E-state index contributed by atoms with van der Waals surface area (Å²) in [5, 5.41) is 31.9. The molecule has 0 radical (unpaired) electrons. The quantitative estimate of drug-likeness (QED) is 0.345. The van der Waals surface area contributed by atoms with Crippen molar-refractivity contribution < 1.29 is 29.6 Å². The van der Waals surface area contributed by atoms with E-state index in [1.54, 1.807) is 0 Å². The van der Waals surface area contributed by atoms with E-state index < -0.39 is 28.3 Å². The predicted molar refractivity (Wildman–Crippen MR) is 140 cm³/mol. The van der Waals surface area contributed by atoms with Crippen LogP contribution in [0.2, 0.25) is 0 Å². The third-order valence-corrected chi connectivity index (χ3v) is 13.6. The number of carboxylic acid groups (broad SMARTS) is 1. The Morgan fingerprint density at radius 3 is 2.27 bits per heavy atom. The molecule has 4 unspecified atom stereocenters. The van der Waals surface area contributed by atoms with Crippen molar-refractivity contribution in [3.8, 4) is 0 Å². The topological polar surface area (TPSA) is 104 Å². The summed E-state index contributed by atoms with van der Waals surface area (Å²) in [6, 6.07) is 0. The number of fused-ring (bicyclic) bond motifs is 7. The molecule has 6 heteroatoms. The molecule has 0 heterocycles. The number of rotatable bonds is 3. The lowest BCUT2D eigenvalue weighted by Crippen LogP contribution is -2.66. The number of esters is 1. The van der Waals surface area contributed by atoms with E-state index in [0.29, 0.717) is 38.0 Å². The molecule has 0 amide bonds. The monoisotopic (exact) mass is 516 g/mol. The normalized spacial score (nSPS) is 53.0. The molecule has 208 valence electrons. The first-order valence-corrected chi connectivity index (χ1v) is 14.5. The SMILES string of the molecule is COC(=O)[C@@]1(C)CC[C@]2(C(=O)O)CC[C@]3(C)C(=CCC4[C@@]5(C)CCC(O)[C@@](C)(CO)C5CC[C@]43C)C2C1. The maximum absolute atomic E-state index is 12.9. The standard InChI is InChI=1S/C31H48O6/c1-26(25(36)37-6)13-15-31(24(34)35)16-14-29(4)19(20(31)17-26)7-8-22-27(2)11-10-23(33)28(3,18-32)21(27)9-12-30(22,29)5/h7,20-23,32-33H,8-18H2,1-6H3,(H,34,35)/t20?,21?,22?,23?,26-,27-,28-,29+,30+,31-/m0/s1. The Morgan fingerprint density at radius 1 is 0.973 bits per heavy atom. The number of hydrogen-bond donors (Lipinski definition) is 3. The van der Waals surface area contributed by atoms with Gasteiger partial charge >= 0.3 is 11.9 Å². The molecule has 0 aromatic rings. The summed E-state index contributed by atoms with van der Waals surface area (Å²) in [6.07, 6.45) is 9.54. The summed E-state index contributed by atoms with van der Waals surface area (Å²) < 4.78 is 5.20. The van der Waals surface area contributed by atoms with E-state index in [4.69, 9.17) is 4.74 Å². The summed E-state index contributed by atoms with van der Waals surface area (Å²) >= 11 is 0. The van der Waals surface area contributed by atoms with E-state index in [-0.39, 0.29) is 40.7 Å². The largest absolute Gasteiger partial charge is 0.481 e. The second-order valence-corrected chi connectivity index (χ2v) is 14.8. The van der Waals surface area contributed by atoms with Crippen molar-refractivity contribution >= 4 is 11.9 Å². The van der Waals surface area contributed by atoms with E-state index in [0.717, 1.165) is 32.1 Å². The van der Waals surface area contributed by atoms with Crippen molar-refractivity contribution in [1.82, 2.24) is 0 Å². The first kappa shape index (κ1) is 27.2. The zero-order valence-electron chi connectivity index (χ0n) is 23.7. The summed E-state index contributed by atoms with van der Waals surface area (Å²) in [7, 11) is 1.43. The second-order valence-electron chi connectivity index (χ2n) is 14.8. The van der Waals surface area contributed by atoms with Crippen molar-refractivity contribution in [2.75, 3.05) is 13.7 Å². The number of aliphatic hydroxyl groups excluding tert-OH is 2. The molecular weight excluding hydrogens is 468 g/mol. The van der Waals surface area contributed by atoms with Crippen molar-refractivity contribution in [2.24, 2.45) is 50.2 Å². The van der Waals surface area contributed by atoms with Gasteiger partial charge in [0.05, 0.1) is 30.7 Å². The van der Waals surface area contributed by atoms with Gasteiger partial charge in [-0.3, -0.25) is 9.59 Å². The van der Waals surface area contributed by atoms with Gasteiger partial charge in [0.2, 0.25) is 0 Å². The van der Waals surface area contributed by atoms with Crippen LogP contribution in [0.15, 0.2) is 11.6 Å². The fraction of sp³-hybridized carbons (Fsp3) is 0.871. The first-order chi connectivity index (χ1) is 17.2. The lowest BCUT2D eigenvalue weighted by atomic mass is 9.33. The molecule has 10 atom stereocenters. The Bertz CT molecular complexity index is 1020. The molecule has 37 heavy (non-hydrogen) atoms. The van der Waals surface area contributed by atoms with Crippen molar-refractivity contribution in [3.63, 3.8) is 0 Å². The Kier molecular flexibility index (Phi) is 6.10. The van der Waals surface area contributed by atoms with E-state index in [9.17, 15) is 24.9 Å². The van der Waals surface area contributed by atoms with Gasteiger partial charge in [-0.15, -0.1) is 0 Å². The Labute approximate surface area is 222 Å². The maximum atomic E-state index is 12.9. The summed E-state index contributed by atoms with van der Waals surface area (Å²) in [4.78, 5) is 25.7. The van der Waals surface area contributed by atoms with Crippen molar-refractivity contribution in [2.45, 2.75) is 105 Å². The predicted octanol–water partition coefficient (Wildman–Crippen LogP) is 5.36. The molecule has 5 aliphatic rings. The third-order valence-electron chi connectivity index (χ3n) is 13.6. The van der Waals surface area contributed by atoms with Gasteiger partial charge in [-0.1, -0.05) is 39.3 Å². The van der Waals surface area contributed by atoms with Gasteiger partial charge < -0.3 is 20.1 Å². The van der Waals surface area contributed by atoms with Crippen LogP contribution in [-0.4, -0.2) is 47.1 Å². The van der Waals surface area contributed by atoms with E-state index in [1.165, 1.54) is 12.7 Å². The van der Waals surface area contributed by atoms with Gasteiger partial charge in [0.15, 0.2) is 0 Å². The molecule has 0 aromatic carbocycles. The summed E-state index contributed by atoms with van der Waals surface area (Å²) in [5.74, 6) is -0.449. The molecule has 0 saturated heterocycles. The van der Waals surface area contributed by atoms with Crippen LogP contribution < -0.4 is 0 Å². The van der Waals surface area contributed by atoms with Gasteiger partial charge in [-0.25, -0.2) is 0 Å². The number of carbonyl (C=O) groups excluding carboxylic acids is 1. The second kappa shape index (κ2) is 8.30. The van der Waals surface area contributed by atoms with Crippen LogP contribution in [0.25, 0.3) is 0 Å². The number of ether oxygens (including phenoxy) is 1. The highest BCUT2D eigenvalue weighted by molar-refractivity contribution is 5.80. The van der Waals surface area contributed by atoms with Crippen LogP contribution in [-0.2, 0) is 14.3 Å². The Balaban J connectivity index is 1.59. The molecular formula is C31H48O6. The van der Waals surface area contributed by atoms with Crippen LogP contribution >= 0.6 is 0 Å². The van der Waals surface area contributed by atoms with Gasteiger partial charge in [0.25, 0.3) is 0 Å². The fourth-order valence-electron chi connectivity index (χ4n) is 10.9. The van der Waals surface area contributed by atoms with Crippen molar-refractivity contribution in [3.05, 3.63) is 11.6 Å². The highest BCUT2D eigenvalue weighted by atomic mass is 16.5. The molecule has 4 saturated carbocycles. The average molecular weight is 517 g/mol. The number of hydrogen-bond acceptors (Lipinski definition) is 5. The molecule has 0 spiro atoms. The molecule has 5 aliphatic carbocycles. The smallest absolute Gasteiger partial charge is 0.311 e. The van der Waals surface area contributed by atoms with E-state index >= 15 is 0 Å². The summed E-state index contributed by atoms with van der Waals surface area (Å²) in [6.45, 7) is 11.3. The fourth-order valence-corrected chi connectivity index (χ4v) is 10.9. The van der Waals surface area contributed by atoms with E-state index in [2.05, 4.69) is 33.8 Å². The van der Waals surface area contributed by atoms with Gasteiger partial charge in [-0.05, 0) is 105 Å². The van der Waals surface area contributed by atoms with Crippen LogP contribution in [0.4, 0.5) is 0 Å². The summed E-state index contributed by atoms with van der Waals surface area (Å²) in [5.41, 5.74) is -0.843. The van der Waals surface area contributed by atoms with Gasteiger partial charge in [0, 0.05) is 5.41 Å². The zero-order valence-corrected chi connectivity index (χ0v) is 23.7. The highest BCUT2D eigenvalue weighted by Gasteiger charge is 2.70. The molecule has 4 fully saturated rings. The van der Waals surface area contributed by atoms with Crippen LogP contribution in [0.3, 0.4) is 0 Å². The number of aliphatic carboxylic acids is 1. The number of methoxy groups -OCH3 is 1.